The summed E-state index contributed by atoms with van der Waals surface area (Å²) in [5.74, 6) is 0. The second-order valence-electron chi connectivity index (χ2n) is 8.54. The lowest BCUT2D eigenvalue weighted by Crippen LogP contribution is -2.29. The van der Waals surface area contributed by atoms with Crippen LogP contribution in [-0.4, -0.2) is 11.2 Å². The van der Waals surface area contributed by atoms with Crippen LogP contribution in [0, 0.1) is 0 Å². The first-order valence-electron chi connectivity index (χ1n) is 10.5. The SMILES string of the molecule is CCCCCC(C)(C)OOC(OOC(C)(C)CCCCC)c1ccccc1. The summed E-state index contributed by atoms with van der Waals surface area (Å²) in [4.78, 5) is 22.9. The Balaban J connectivity index is 2.63. The Morgan fingerprint density at radius 1 is 0.704 bits per heavy atom. The average molecular weight is 381 g/mol. The van der Waals surface area contributed by atoms with Crippen molar-refractivity contribution < 1.29 is 19.6 Å². The molecule has 4 heteroatoms. The quantitative estimate of drug-likeness (QED) is 0.138. The van der Waals surface area contributed by atoms with E-state index in [-0.39, 0.29) is 11.2 Å². The van der Waals surface area contributed by atoms with E-state index in [9.17, 15) is 0 Å². The van der Waals surface area contributed by atoms with E-state index in [2.05, 4.69) is 13.8 Å². The lowest BCUT2D eigenvalue weighted by molar-refractivity contribution is -0.505. The van der Waals surface area contributed by atoms with Crippen LogP contribution in [0.15, 0.2) is 30.3 Å². The maximum Gasteiger partial charge on any atom is 0.249 e. The molecule has 0 aliphatic heterocycles. The minimum Gasteiger partial charge on any atom is -0.227 e. The first-order chi connectivity index (χ1) is 12.8. The lowest BCUT2D eigenvalue weighted by Gasteiger charge is -2.29. The molecule has 0 bridgehead atoms. The fourth-order valence-electron chi connectivity index (χ4n) is 2.77. The molecule has 0 aromatic heterocycles. The van der Waals surface area contributed by atoms with Crippen LogP contribution in [0.4, 0.5) is 0 Å². The zero-order valence-electron chi connectivity index (χ0n) is 18.3. The van der Waals surface area contributed by atoms with E-state index in [4.69, 9.17) is 19.6 Å². The lowest BCUT2D eigenvalue weighted by atomic mass is 10.0. The maximum absolute atomic E-state index is 5.75. The Morgan fingerprint density at radius 3 is 1.56 bits per heavy atom. The fourth-order valence-corrected chi connectivity index (χ4v) is 2.77. The highest BCUT2D eigenvalue weighted by atomic mass is 17.3. The van der Waals surface area contributed by atoms with E-state index in [0.29, 0.717) is 0 Å². The third-order valence-corrected chi connectivity index (χ3v) is 4.56. The molecule has 156 valence electrons. The summed E-state index contributed by atoms with van der Waals surface area (Å²) in [6, 6.07) is 9.77. The third-order valence-electron chi connectivity index (χ3n) is 4.56. The molecule has 27 heavy (non-hydrogen) atoms. The van der Waals surface area contributed by atoms with Crippen LogP contribution in [-0.2, 0) is 19.6 Å². The molecule has 1 aromatic rings. The molecule has 0 fully saturated rings. The van der Waals surface area contributed by atoms with Gasteiger partial charge in [-0.05, 0) is 40.5 Å². The molecular formula is C23H40O4. The smallest absolute Gasteiger partial charge is 0.227 e. The van der Waals surface area contributed by atoms with E-state index in [1.165, 1.54) is 25.7 Å². The van der Waals surface area contributed by atoms with Gasteiger partial charge in [0.25, 0.3) is 0 Å². The first-order valence-corrected chi connectivity index (χ1v) is 10.5. The minimum atomic E-state index is -0.720. The Hall–Kier alpha value is -0.940. The zero-order valence-corrected chi connectivity index (χ0v) is 18.3. The summed E-state index contributed by atoms with van der Waals surface area (Å²) >= 11 is 0. The normalized spacial score (nSPS) is 12.7. The van der Waals surface area contributed by atoms with Crippen LogP contribution in [0.1, 0.15) is 105 Å². The van der Waals surface area contributed by atoms with Crippen LogP contribution < -0.4 is 0 Å². The third kappa shape index (κ3) is 10.8. The number of hydrogen-bond acceptors (Lipinski definition) is 4. The van der Waals surface area contributed by atoms with E-state index in [1.807, 2.05) is 58.0 Å². The summed E-state index contributed by atoms with van der Waals surface area (Å²) in [5, 5.41) is 0. The molecule has 0 N–H and O–H groups in total. The van der Waals surface area contributed by atoms with Gasteiger partial charge in [-0.25, -0.2) is 9.78 Å². The standard InChI is InChI=1S/C23H40O4/c1-7-9-14-18-22(3,4)26-24-21(20-16-12-11-13-17-20)25-27-23(5,6)19-15-10-8-2/h11-13,16-17,21H,7-10,14-15,18-19H2,1-6H3. The Labute approximate surface area is 166 Å². The summed E-state index contributed by atoms with van der Waals surface area (Å²) in [6.07, 6.45) is 8.15. The zero-order chi connectivity index (χ0) is 20.2. The monoisotopic (exact) mass is 380 g/mol. The van der Waals surface area contributed by atoms with E-state index >= 15 is 0 Å². The summed E-state index contributed by atoms with van der Waals surface area (Å²) < 4.78 is 0. The van der Waals surface area contributed by atoms with E-state index in [1.54, 1.807) is 0 Å². The van der Waals surface area contributed by atoms with Crippen LogP contribution in [0.2, 0.25) is 0 Å². The van der Waals surface area contributed by atoms with Gasteiger partial charge >= 0.3 is 0 Å². The van der Waals surface area contributed by atoms with E-state index in [0.717, 1.165) is 31.2 Å². The van der Waals surface area contributed by atoms with Crippen molar-refractivity contribution in [2.24, 2.45) is 0 Å². The van der Waals surface area contributed by atoms with Crippen LogP contribution in [0.25, 0.3) is 0 Å². The number of rotatable bonds is 15. The van der Waals surface area contributed by atoms with Crippen molar-refractivity contribution in [1.82, 2.24) is 0 Å². The topological polar surface area (TPSA) is 36.9 Å². The minimum absolute atomic E-state index is 0.373. The van der Waals surface area contributed by atoms with Gasteiger partial charge < -0.3 is 0 Å². The maximum atomic E-state index is 5.75. The molecule has 0 amide bonds. The second-order valence-corrected chi connectivity index (χ2v) is 8.54. The number of hydrogen-bond donors (Lipinski definition) is 0. The van der Waals surface area contributed by atoms with Gasteiger partial charge in [-0.2, -0.15) is 9.78 Å². The fraction of sp³-hybridized carbons (Fsp3) is 0.739. The number of benzene rings is 1. The second kappa shape index (κ2) is 12.5. The van der Waals surface area contributed by atoms with Gasteiger partial charge in [0.1, 0.15) is 0 Å². The Morgan fingerprint density at radius 2 is 1.15 bits per heavy atom. The molecule has 0 saturated carbocycles. The van der Waals surface area contributed by atoms with Gasteiger partial charge in [0, 0.05) is 5.56 Å². The molecule has 1 rings (SSSR count). The predicted molar refractivity (Wildman–Crippen MR) is 110 cm³/mol. The Kier molecular flexibility index (Phi) is 11.2. The van der Waals surface area contributed by atoms with Gasteiger partial charge in [0.15, 0.2) is 0 Å². The molecular weight excluding hydrogens is 340 g/mol. The van der Waals surface area contributed by atoms with Gasteiger partial charge in [0.2, 0.25) is 6.29 Å². The molecule has 0 unspecified atom stereocenters. The van der Waals surface area contributed by atoms with Crippen molar-refractivity contribution in [3.05, 3.63) is 35.9 Å². The van der Waals surface area contributed by atoms with Gasteiger partial charge in [-0.1, -0.05) is 82.7 Å². The summed E-state index contributed by atoms with van der Waals surface area (Å²) in [5.41, 5.74) is 0.121. The molecule has 0 aliphatic rings. The molecule has 0 saturated heterocycles. The van der Waals surface area contributed by atoms with Crippen molar-refractivity contribution in [2.45, 2.75) is 110 Å². The molecule has 0 spiro atoms. The van der Waals surface area contributed by atoms with Crippen molar-refractivity contribution in [2.75, 3.05) is 0 Å². The van der Waals surface area contributed by atoms with Crippen LogP contribution >= 0.6 is 0 Å². The number of unbranched alkanes of at least 4 members (excludes halogenated alkanes) is 4. The van der Waals surface area contributed by atoms with Gasteiger partial charge in [-0.3, -0.25) is 0 Å². The highest BCUT2D eigenvalue weighted by molar-refractivity contribution is 5.15. The molecule has 0 aliphatic carbocycles. The molecule has 4 nitrogen and oxygen atoms in total. The highest BCUT2D eigenvalue weighted by Gasteiger charge is 2.27. The highest BCUT2D eigenvalue weighted by Crippen LogP contribution is 2.28. The summed E-state index contributed by atoms with van der Waals surface area (Å²) in [7, 11) is 0. The summed E-state index contributed by atoms with van der Waals surface area (Å²) in [6.45, 7) is 12.6. The Bertz CT molecular complexity index is 458. The molecule has 0 heterocycles. The van der Waals surface area contributed by atoms with Gasteiger partial charge in [0.05, 0.1) is 11.2 Å². The van der Waals surface area contributed by atoms with Crippen molar-refractivity contribution in [3.8, 4) is 0 Å². The van der Waals surface area contributed by atoms with Crippen molar-refractivity contribution >= 4 is 0 Å². The van der Waals surface area contributed by atoms with Gasteiger partial charge in [-0.15, -0.1) is 0 Å². The van der Waals surface area contributed by atoms with Crippen LogP contribution in [0.3, 0.4) is 0 Å². The molecule has 1 aromatic carbocycles. The molecule has 0 atom stereocenters. The first kappa shape index (κ1) is 24.1. The average Bonchev–Trinajstić information content (AvgIpc) is 2.62. The van der Waals surface area contributed by atoms with Crippen molar-refractivity contribution in [1.29, 1.82) is 0 Å². The largest absolute Gasteiger partial charge is 0.249 e. The van der Waals surface area contributed by atoms with Crippen molar-refractivity contribution in [3.63, 3.8) is 0 Å². The van der Waals surface area contributed by atoms with Crippen LogP contribution in [0.5, 0.6) is 0 Å². The predicted octanol–water partition coefficient (Wildman–Crippen LogP) is 7.30. The molecule has 0 radical (unpaired) electrons. The van der Waals surface area contributed by atoms with E-state index < -0.39 is 6.29 Å².